The van der Waals surface area contributed by atoms with E-state index in [1.807, 2.05) is 0 Å². The van der Waals surface area contributed by atoms with Gasteiger partial charge in [0.2, 0.25) is 0 Å². The third kappa shape index (κ3) is 3.17. The van der Waals surface area contributed by atoms with Crippen LogP contribution in [0.3, 0.4) is 0 Å². The lowest BCUT2D eigenvalue weighted by molar-refractivity contribution is -0.149. The highest BCUT2D eigenvalue weighted by atomic mass is 19.1. The number of hydrogen-bond acceptors (Lipinski definition) is 5. The van der Waals surface area contributed by atoms with Crippen LogP contribution in [-0.4, -0.2) is 25.2 Å². The van der Waals surface area contributed by atoms with E-state index in [1.54, 1.807) is 0 Å². The van der Waals surface area contributed by atoms with Crippen LogP contribution in [0.15, 0.2) is 18.2 Å². The Kier molecular flexibility index (Phi) is 4.03. The first-order valence-corrected chi connectivity index (χ1v) is 4.79. The van der Waals surface area contributed by atoms with Gasteiger partial charge in [0, 0.05) is 5.69 Å². The minimum absolute atomic E-state index is 0.00199. The second kappa shape index (κ2) is 5.29. The van der Waals surface area contributed by atoms with Crippen LogP contribution < -0.4 is 5.73 Å². The molecule has 0 heterocycles. The number of ether oxygens (including phenoxy) is 2. The summed E-state index contributed by atoms with van der Waals surface area (Å²) in [4.78, 5) is 22.6. The minimum Gasteiger partial charge on any atom is -0.466 e. The van der Waals surface area contributed by atoms with E-state index < -0.39 is 23.9 Å². The predicted octanol–water partition coefficient (Wildman–Crippen LogP) is 1.13. The fourth-order valence-corrected chi connectivity index (χ4v) is 1.16. The second-order valence-electron chi connectivity index (χ2n) is 3.30. The van der Waals surface area contributed by atoms with Gasteiger partial charge in [-0.2, -0.15) is 0 Å². The summed E-state index contributed by atoms with van der Waals surface area (Å²) >= 11 is 0. The van der Waals surface area contributed by atoms with Gasteiger partial charge in [-0.25, -0.2) is 14.0 Å². The highest BCUT2D eigenvalue weighted by Crippen LogP contribution is 2.15. The molecule has 1 rings (SSSR count). The Hall–Kier alpha value is -2.11. The van der Waals surface area contributed by atoms with E-state index in [0.717, 1.165) is 12.1 Å². The quantitative estimate of drug-likeness (QED) is 0.633. The van der Waals surface area contributed by atoms with Gasteiger partial charge >= 0.3 is 11.9 Å². The van der Waals surface area contributed by atoms with Crippen LogP contribution >= 0.6 is 0 Å². The van der Waals surface area contributed by atoms with Crippen molar-refractivity contribution in [3.05, 3.63) is 29.6 Å². The molecule has 2 N–H and O–H groups in total. The number of carbonyl (C=O) groups is 2. The first-order valence-electron chi connectivity index (χ1n) is 4.79. The Balaban J connectivity index is 2.80. The van der Waals surface area contributed by atoms with E-state index >= 15 is 0 Å². The second-order valence-corrected chi connectivity index (χ2v) is 3.30. The van der Waals surface area contributed by atoms with Crippen LogP contribution in [0.2, 0.25) is 0 Å². The summed E-state index contributed by atoms with van der Waals surface area (Å²) in [6.07, 6.45) is -1.04. The summed E-state index contributed by atoms with van der Waals surface area (Å²) in [5.74, 6) is -2.04. The molecule has 6 heteroatoms. The third-order valence-electron chi connectivity index (χ3n) is 2.05. The molecule has 0 aliphatic heterocycles. The zero-order valence-electron chi connectivity index (χ0n) is 9.40. The SMILES string of the molecule is COC(=O)C(C)OC(=O)c1ccc(F)cc1N. The number of methoxy groups -OCH3 is 1. The van der Waals surface area contributed by atoms with E-state index in [1.165, 1.54) is 20.1 Å². The summed E-state index contributed by atoms with van der Waals surface area (Å²) in [5, 5.41) is 0. The molecule has 1 aromatic rings. The van der Waals surface area contributed by atoms with Gasteiger partial charge in [0.25, 0.3) is 0 Å². The number of anilines is 1. The summed E-state index contributed by atoms with van der Waals surface area (Å²) in [7, 11) is 1.18. The molecule has 5 nitrogen and oxygen atoms in total. The Morgan fingerprint density at radius 2 is 2.06 bits per heavy atom. The van der Waals surface area contributed by atoms with Crippen LogP contribution in [0.5, 0.6) is 0 Å². The molecule has 1 unspecified atom stereocenters. The lowest BCUT2D eigenvalue weighted by Crippen LogP contribution is -2.25. The molecular weight excluding hydrogens is 229 g/mol. The molecule has 0 saturated heterocycles. The number of nitrogens with two attached hydrogens (primary N) is 1. The van der Waals surface area contributed by atoms with Gasteiger partial charge in [-0.1, -0.05) is 0 Å². The van der Waals surface area contributed by atoms with Gasteiger partial charge in [0.1, 0.15) is 5.82 Å². The van der Waals surface area contributed by atoms with E-state index in [0.29, 0.717) is 0 Å². The van der Waals surface area contributed by atoms with Crippen molar-refractivity contribution in [2.75, 3.05) is 12.8 Å². The number of hydrogen-bond donors (Lipinski definition) is 1. The van der Waals surface area contributed by atoms with Crippen LogP contribution in [0.25, 0.3) is 0 Å². The maximum absolute atomic E-state index is 12.8. The first kappa shape index (κ1) is 13.0. The Morgan fingerprint density at radius 3 is 2.59 bits per heavy atom. The Bertz CT molecular complexity index is 447. The zero-order valence-corrected chi connectivity index (χ0v) is 9.40. The molecule has 0 aromatic heterocycles. The van der Waals surface area contributed by atoms with Crippen molar-refractivity contribution < 1.29 is 23.5 Å². The van der Waals surface area contributed by atoms with E-state index in [9.17, 15) is 14.0 Å². The summed E-state index contributed by atoms with van der Waals surface area (Å²) in [6.45, 7) is 1.36. The third-order valence-corrected chi connectivity index (χ3v) is 2.05. The number of rotatable bonds is 3. The van der Waals surface area contributed by atoms with Crippen molar-refractivity contribution in [3.63, 3.8) is 0 Å². The molecule has 0 amide bonds. The lowest BCUT2D eigenvalue weighted by atomic mass is 10.2. The highest BCUT2D eigenvalue weighted by molar-refractivity contribution is 5.96. The Morgan fingerprint density at radius 1 is 1.41 bits per heavy atom. The van der Waals surface area contributed by atoms with Crippen LogP contribution in [0, 0.1) is 5.82 Å². The van der Waals surface area contributed by atoms with Gasteiger partial charge in [-0.15, -0.1) is 0 Å². The van der Waals surface area contributed by atoms with E-state index in [2.05, 4.69) is 4.74 Å². The normalized spacial score (nSPS) is 11.7. The molecule has 0 fully saturated rings. The maximum Gasteiger partial charge on any atom is 0.346 e. The molecule has 1 atom stereocenters. The van der Waals surface area contributed by atoms with Gasteiger partial charge in [-0.05, 0) is 25.1 Å². The van der Waals surface area contributed by atoms with Gasteiger partial charge in [0.05, 0.1) is 12.7 Å². The molecule has 1 aromatic carbocycles. The molecule has 0 aliphatic rings. The Labute approximate surface area is 97.3 Å². The van der Waals surface area contributed by atoms with Crippen molar-refractivity contribution in [1.29, 1.82) is 0 Å². The number of esters is 2. The fraction of sp³-hybridized carbons (Fsp3) is 0.273. The average Bonchev–Trinajstić information content (AvgIpc) is 2.27. The fourth-order valence-electron chi connectivity index (χ4n) is 1.16. The van der Waals surface area contributed by atoms with Crippen LogP contribution in [0.4, 0.5) is 10.1 Å². The summed E-state index contributed by atoms with van der Waals surface area (Å²) in [6, 6.07) is 3.27. The van der Waals surface area contributed by atoms with Crippen LogP contribution in [0.1, 0.15) is 17.3 Å². The van der Waals surface area contributed by atoms with Crippen molar-refractivity contribution >= 4 is 17.6 Å². The lowest BCUT2D eigenvalue weighted by Gasteiger charge is -2.11. The standard InChI is InChI=1S/C11H12FNO4/c1-6(10(14)16-2)17-11(15)8-4-3-7(12)5-9(8)13/h3-6H,13H2,1-2H3. The molecule has 0 radical (unpaired) electrons. The molecular formula is C11H12FNO4. The smallest absolute Gasteiger partial charge is 0.346 e. The zero-order chi connectivity index (χ0) is 13.0. The molecule has 0 saturated carbocycles. The predicted molar refractivity (Wildman–Crippen MR) is 57.7 cm³/mol. The van der Waals surface area contributed by atoms with Crippen molar-refractivity contribution in [2.45, 2.75) is 13.0 Å². The van der Waals surface area contributed by atoms with Crippen LogP contribution in [-0.2, 0) is 14.3 Å². The number of nitrogen functional groups attached to an aromatic ring is 1. The maximum atomic E-state index is 12.8. The molecule has 17 heavy (non-hydrogen) atoms. The topological polar surface area (TPSA) is 78.6 Å². The van der Waals surface area contributed by atoms with Gasteiger partial charge < -0.3 is 15.2 Å². The van der Waals surface area contributed by atoms with Gasteiger partial charge in [0.15, 0.2) is 6.10 Å². The highest BCUT2D eigenvalue weighted by Gasteiger charge is 2.20. The van der Waals surface area contributed by atoms with E-state index in [-0.39, 0.29) is 11.3 Å². The number of halogens is 1. The van der Waals surface area contributed by atoms with E-state index in [4.69, 9.17) is 10.5 Å². The van der Waals surface area contributed by atoms with Crippen molar-refractivity contribution in [1.82, 2.24) is 0 Å². The average molecular weight is 241 g/mol. The largest absolute Gasteiger partial charge is 0.466 e. The van der Waals surface area contributed by atoms with Crippen molar-refractivity contribution in [2.24, 2.45) is 0 Å². The summed E-state index contributed by atoms with van der Waals surface area (Å²) in [5.41, 5.74) is 5.40. The molecule has 0 spiro atoms. The molecule has 0 bridgehead atoms. The minimum atomic E-state index is -1.04. The molecule has 92 valence electrons. The number of carbonyl (C=O) groups excluding carboxylic acids is 2. The number of benzene rings is 1. The monoisotopic (exact) mass is 241 g/mol. The van der Waals surface area contributed by atoms with Crippen molar-refractivity contribution in [3.8, 4) is 0 Å². The first-order chi connectivity index (χ1) is 7.95. The molecule has 0 aliphatic carbocycles. The summed E-state index contributed by atoms with van der Waals surface area (Å²) < 4.78 is 21.9. The van der Waals surface area contributed by atoms with Gasteiger partial charge in [-0.3, -0.25) is 0 Å².